The Labute approximate surface area is 81.5 Å². The fraction of sp³-hybridized carbons (Fsp3) is 0.333. The molecule has 0 aromatic carbocycles. The highest BCUT2D eigenvalue weighted by molar-refractivity contribution is 5.94. The van der Waals surface area contributed by atoms with Gasteiger partial charge in [-0.25, -0.2) is 9.78 Å². The third-order valence-electron chi connectivity index (χ3n) is 1.96. The number of anilines is 1. The van der Waals surface area contributed by atoms with Crippen molar-refractivity contribution in [2.45, 2.75) is 13.3 Å². The Morgan fingerprint density at radius 2 is 2.36 bits per heavy atom. The Kier molecular flexibility index (Phi) is 2.91. The molecule has 5 heteroatoms. The number of aromatic carboxylic acids is 1. The van der Waals surface area contributed by atoms with Crippen molar-refractivity contribution in [2.24, 2.45) is 0 Å². The highest BCUT2D eigenvalue weighted by Gasteiger charge is 2.15. The lowest BCUT2D eigenvalue weighted by molar-refractivity contribution is 0.0697. The fourth-order valence-corrected chi connectivity index (χ4v) is 1.24. The molecule has 0 aliphatic heterocycles. The molecular weight excluding hydrogens is 184 g/mol. The lowest BCUT2D eigenvalue weighted by atomic mass is 10.1. The molecule has 0 spiro atoms. The van der Waals surface area contributed by atoms with Gasteiger partial charge in [-0.05, 0) is 6.42 Å². The second kappa shape index (κ2) is 3.95. The van der Waals surface area contributed by atoms with Crippen LogP contribution in [0.2, 0.25) is 0 Å². The third-order valence-corrected chi connectivity index (χ3v) is 1.96. The molecule has 0 radical (unpaired) electrons. The number of nitrogens with zero attached hydrogens (tertiary/aromatic N) is 1. The van der Waals surface area contributed by atoms with E-state index in [0.29, 0.717) is 17.9 Å². The largest absolute Gasteiger partial charge is 0.481 e. The smallest absolute Gasteiger partial charge is 0.339 e. The molecule has 1 rings (SSSR count). The zero-order valence-corrected chi connectivity index (χ0v) is 8.07. The van der Waals surface area contributed by atoms with Gasteiger partial charge in [0.1, 0.15) is 5.56 Å². The lowest BCUT2D eigenvalue weighted by Crippen LogP contribution is -2.08. The van der Waals surface area contributed by atoms with Crippen LogP contribution in [0.1, 0.15) is 22.8 Å². The molecule has 76 valence electrons. The Hall–Kier alpha value is -1.78. The monoisotopic (exact) mass is 196 g/mol. The number of methoxy groups -OCH3 is 1. The number of hydrogen-bond donors (Lipinski definition) is 2. The molecule has 0 saturated carbocycles. The molecule has 0 atom stereocenters. The summed E-state index contributed by atoms with van der Waals surface area (Å²) in [5, 5.41) is 8.79. The molecule has 1 aromatic rings. The van der Waals surface area contributed by atoms with Crippen molar-refractivity contribution in [3.8, 4) is 5.88 Å². The van der Waals surface area contributed by atoms with Crippen molar-refractivity contribution >= 4 is 11.7 Å². The average molecular weight is 196 g/mol. The highest BCUT2D eigenvalue weighted by Crippen LogP contribution is 2.25. The van der Waals surface area contributed by atoms with Crippen LogP contribution in [-0.2, 0) is 6.42 Å². The maximum atomic E-state index is 10.7. The number of aromatic nitrogens is 1. The van der Waals surface area contributed by atoms with Gasteiger partial charge in [0.15, 0.2) is 0 Å². The minimum absolute atomic E-state index is 0.0163. The van der Waals surface area contributed by atoms with E-state index in [4.69, 9.17) is 15.6 Å². The van der Waals surface area contributed by atoms with Gasteiger partial charge in [-0.1, -0.05) is 6.92 Å². The Morgan fingerprint density at radius 3 is 2.79 bits per heavy atom. The van der Waals surface area contributed by atoms with Crippen LogP contribution in [0.3, 0.4) is 0 Å². The van der Waals surface area contributed by atoms with Gasteiger partial charge in [0, 0.05) is 11.8 Å². The first-order valence-corrected chi connectivity index (χ1v) is 4.16. The number of pyridine rings is 1. The second-order valence-corrected chi connectivity index (χ2v) is 2.73. The molecule has 1 heterocycles. The van der Waals surface area contributed by atoms with Crippen LogP contribution in [0, 0.1) is 0 Å². The number of ether oxygens (including phenoxy) is 1. The van der Waals surface area contributed by atoms with E-state index in [2.05, 4.69) is 4.98 Å². The molecular formula is C9H12N2O3. The first-order valence-electron chi connectivity index (χ1n) is 4.16. The summed E-state index contributed by atoms with van der Waals surface area (Å²) in [6.45, 7) is 1.86. The van der Waals surface area contributed by atoms with Gasteiger partial charge in [0.05, 0.1) is 12.8 Å². The van der Waals surface area contributed by atoms with E-state index in [9.17, 15) is 4.79 Å². The van der Waals surface area contributed by atoms with E-state index in [1.54, 1.807) is 0 Å². The molecule has 5 nitrogen and oxygen atoms in total. The normalized spacial score (nSPS) is 9.86. The van der Waals surface area contributed by atoms with Crippen molar-refractivity contribution in [3.63, 3.8) is 0 Å². The number of nitrogen functional groups attached to an aromatic ring is 1. The molecule has 0 fully saturated rings. The zero-order chi connectivity index (χ0) is 10.7. The summed E-state index contributed by atoms with van der Waals surface area (Å²) in [6.07, 6.45) is 1.79. The van der Waals surface area contributed by atoms with Crippen LogP contribution < -0.4 is 10.5 Å². The van der Waals surface area contributed by atoms with E-state index < -0.39 is 5.97 Å². The van der Waals surface area contributed by atoms with Crippen molar-refractivity contribution in [3.05, 3.63) is 17.3 Å². The van der Waals surface area contributed by atoms with Gasteiger partial charge in [0.25, 0.3) is 0 Å². The van der Waals surface area contributed by atoms with E-state index in [0.717, 1.165) is 0 Å². The van der Waals surface area contributed by atoms with Crippen molar-refractivity contribution < 1.29 is 14.6 Å². The average Bonchev–Trinajstić information content (AvgIpc) is 2.16. The summed E-state index contributed by atoms with van der Waals surface area (Å²) >= 11 is 0. The molecule has 0 aliphatic rings. The molecule has 0 unspecified atom stereocenters. The summed E-state index contributed by atoms with van der Waals surface area (Å²) in [7, 11) is 1.47. The minimum atomic E-state index is -1.08. The summed E-state index contributed by atoms with van der Waals surface area (Å²) in [5.74, 6) is -0.692. The summed E-state index contributed by atoms with van der Waals surface area (Å²) in [4.78, 5) is 14.6. The standard InChI is InChI=1S/C9H12N2O3/c1-3-5-7(10)6(9(12)13)4-11-8(5)14-2/h4H,3H2,1-2H3,(H2,10,11)(H,12,13). The van der Waals surface area contributed by atoms with Crippen LogP contribution in [0.5, 0.6) is 5.88 Å². The van der Waals surface area contributed by atoms with Crippen molar-refractivity contribution in [1.82, 2.24) is 4.98 Å². The number of nitrogens with two attached hydrogens (primary N) is 1. The summed E-state index contributed by atoms with van der Waals surface area (Å²) in [6, 6.07) is 0. The third kappa shape index (κ3) is 1.61. The van der Waals surface area contributed by atoms with Gasteiger partial charge >= 0.3 is 5.97 Å². The van der Waals surface area contributed by atoms with Crippen molar-refractivity contribution in [1.29, 1.82) is 0 Å². The van der Waals surface area contributed by atoms with E-state index in [1.165, 1.54) is 13.3 Å². The van der Waals surface area contributed by atoms with E-state index in [-0.39, 0.29) is 11.3 Å². The predicted molar refractivity (Wildman–Crippen MR) is 51.5 cm³/mol. The van der Waals surface area contributed by atoms with E-state index >= 15 is 0 Å². The topological polar surface area (TPSA) is 85.4 Å². The van der Waals surface area contributed by atoms with Gasteiger partial charge in [0.2, 0.25) is 5.88 Å². The van der Waals surface area contributed by atoms with Crippen LogP contribution in [0.4, 0.5) is 5.69 Å². The van der Waals surface area contributed by atoms with Gasteiger partial charge < -0.3 is 15.6 Å². The minimum Gasteiger partial charge on any atom is -0.481 e. The van der Waals surface area contributed by atoms with Crippen LogP contribution >= 0.6 is 0 Å². The molecule has 0 amide bonds. The predicted octanol–water partition coefficient (Wildman–Crippen LogP) is 0.933. The zero-order valence-electron chi connectivity index (χ0n) is 8.07. The van der Waals surface area contributed by atoms with Crippen LogP contribution in [0.15, 0.2) is 6.20 Å². The van der Waals surface area contributed by atoms with E-state index in [1.807, 2.05) is 6.92 Å². The maximum Gasteiger partial charge on any atom is 0.339 e. The van der Waals surface area contributed by atoms with Crippen molar-refractivity contribution in [2.75, 3.05) is 12.8 Å². The number of hydrogen-bond acceptors (Lipinski definition) is 4. The van der Waals surface area contributed by atoms with Gasteiger partial charge in [-0.2, -0.15) is 0 Å². The summed E-state index contributed by atoms with van der Waals surface area (Å²) < 4.78 is 4.97. The second-order valence-electron chi connectivity index (χ2n) is 2.73. The number of carbonyl (C=O) groups is 1. The number of carboxylic acids is 1. The molecule has 0 saturated heterocycles. The maximum absolute atomic E-state index is 10.7. The quantitative estimate of drug-likeness (QED) is 0.751. The van der Waals surface area contributed by atoms with Gasteiger partial charge in [-0.3, -0.25) is 0 Å². The molecule has 3 N–H and O–H groups in total. The molecule has 0 bridgehead atoms. The Bertz CT molecular complexity index is 363. The number of rotatable bonds is 3. The SMILES string of the molecule is CCc1c(OC)ncc(C(=O)O)c1N. The molecule has 1 aromatic heterocycles. The highest BCUT2D eigenvalue weighted by atomic mass is 16.5. The first-order chi connectivity index (χ1) is 6.61. The van der Waals surface area contributed by atoms with Crippen LogP contribution in [0.25, 0.3) is 0 Å². The van der Waals surface area contributed by atoms with Crippen LogP contribution in [-0.4, -0.2) is 23.2 Å². The Morgan fingerprint density at radius 1 is 1.71 bits per heavy atom. The fourth-order valence-electron chi connectivity index (χ4n) is 1.24. The Balaban J connectivity index is 3.34. The number of carboxylic acid groups (broad SMARTS) is 1. The van der Waals surface area contributed by atoms with Gasteiger partial charge in [-0.15, -0.1) is 0 Å². The summed E-state index contributed by atoms with van der Waals surface area (Å²) in [5.41, 5.74) is 6.55. The lowest BCUT2D eigenvalue weighted by Gasteiger charge is -2.10. The first kappa shape index (κ1) is 10.3. The molecule has 14 heavy (non-hydrogen) atoms. The molecule has 0 aliphatic carbocycles.